The van der Waals surface area contributed by atoms with Crippen molar-refractivity contribution in [3.05, 3.63) is 109 Å². The fourth-order valence-electron chi connectivity index (χ4n) is 4.68. The number of benzene rings is 2. The number of rotatable bonds is 9. The van der Waals surface area contributed by atoms with E-state index in [9.17, 15) is 4.39 Å². The highest BCUT2D eigenvalue weighted by Gasteiger charge is 2.16. The molecule has 7 heteroatoms. The number of nitrogens with one attached hydrogen (secondary N) is 3. The average Bonchev–Trinajstić information content (AvgIpc) is 3.54. The van der Waals surface area contributed by atoms with Gasteiger partial charge in [0.2, 0.25) is 0 Å². The molecule has 0 saturated carbocycles. The van der Waals surface area contributed by atoms with Crippen LogP contribution in [0.25, 0.3) is 50.2 Å². The van der Waals surface area contributed by atoms with Crippen LogP contribution in [0.15, 0.2) is 97.6 Å². The summed E-state index contributed by atoms with van der Waals surface area (Å²) < 4.78 is 13.9. The maximum absolute atomic E-state index is 13.9. The quantitative estimate of drug-likeness (QED) is 0.173. The third kappa shape index (κ3) is 5.43. The number of H-pyrrole nitrogens is 2. The van der Waals surface area contributed by atoms with Crippen LogP contribution < -0.4 is 5.32 Å². The highest BCUT2D eigenvalue weighted by molar-refractivity contribution is 5.98. The second kappa shape index (κ2) is 10.9. The number of fused-ring (bicyclic) bond motifs is 2. The fourth-order valence-corrected chi connectivity index (χ4v) is 4.68. The first-order valence-electron chi connectivity index (χ1n) is 12.9. The molecular weight excluding hydrogens is 487 g/mol. The average molecular weight is 519 g/mol. The molecule has 0 radical (unpaired) electrons. The monoisotopic (exact) mass is 518 g/mol. The van der Waals surface area contributed by atoms with Crippen molar-refractivity contribution in [1.82, 2.24) is 30.5 Å². The van der Waals surface area contributed by atoms with Crippen molar-refractivity contribution in [3.8, 4) is 22.6 Å². The summed E-state index contributed by atoms with van der Waals surface area (Å²) in [6.07, 6.45) is 10.2. The summed E-state index contributed by atoms with van der Waals surface area (Å²) >= 11 is 0. The van der Waals surface area contributed by atoms with Crippen molar-refractivity contribution in [3.63, 3.8) is 0 Å². The Labute approximate surface area is 227 Å². The maximum Gasteiger partial charge on any atom is 0.159 e. The first-order chi connectivity index (χ1) is 18.9. The Morgan fingerprint density at radius 1 is 1.13 bits per heavy atom. The Hall–Kier alpha value is -4.78. The van der Waals surface area contributed by atoms with Crippen LogP contribution in [-0.4, -0.2) is 25.1 Å². The van der Waals surface area contributed by atoms with Crippen molar-refractivity contribution in [2.24, 2.45) is 5.92 Å². The maximum atomic E-state index is 13.9. The van der Waals surface area contributed by atoms with E-state index in [2.05, 4.69) is 76.8 Å². The van der Waals surface area contributed by atoms with Crippen molar-refractivity contribution in [1.29, 1.82) is 0 Å². The SMILES string of the molecule is C=C/C(=C\C(=C/C)c1ccc2[nH]nc(-c3nc4c(-c5cccc(F)c5)cncc4[nH]3)c2c1)NC(=C)CC(C)C. The van der Waals surface area contributed by atoms with E-state index in [4.69, 9.17) is 4.98 Å². The molecule has 3 aromatic heterocycles. The molecule has 0 aliphatic carbocycles. The van der Waals surface area contributed by atoms with Crippen molar-refractivity contribution in [2.75, 3.05) is 0 Å². The molecule has 0 aliphatic rings. The minimum atomic E-state index is -0.307. The lowest BCUT2D eigenvalue weighted by Gasteiger charge is -2.13. The Bertz CT molecular complexity index is 1750. The Balaban J connectivity index is 1.53. The lowest BCUT2D eigenvalue weighted by Crippen LogP contribution is -2.12. The second-order valence-electron chi connectivity index (χ2n) is 9.89. The molecule has 6 nitrogen and oxygen atoms in total. The van der Waals surface area contributed by atoms with Gasteiger partial charge in [0.05, 0.1) is 22.7 Å². The standard InChI is InChI=1S/C32H31FN6/c1-6-21(15-25(7-2)35-20(5)13-19(3)4)22-11-12-28-26(16-22)31(39-38-28)32-36-29-18-34-17-27(30(29)37-32)23-9-8-10-24(33)14-23/h6-12,14-19,35H,2,5,13H2,1,3-4H3,(H,36,37)(H,38,39)/b21-6+,25-15+. The van der Waals surface area contributed by atoms with Crippen LogP contribution in [0.2, 0.25) is 0 Å². The first-order valence-corrected chi connectivity index (χ1v) is 12.9. The van der Waals surface area contributed by atoms with E-state index in [1.807, 2.05) is 19.1 Å². The van der Waals surface area contributed by atoms with Crippen LogP contribution in [0, 0.1) is 11.7 Å². The van der Waals surface area contributed by atoms with Crippen LogP contribution in [0.1, 0.15) is 32.8 Å². The molecule has 0 amide bonds. The normalized spacial score (nSPS) is 12.4. The fraction of sp³-hybridized carbons (Fsp3) is 0.156. The molecule has 3 heterocycles. The third-order valence-electron chi connectivity index (χ3n) is 6.47. The van der Waals surface area contributed by atoms with Crippen LogP contribution >= 0.6 is 0 Å². The molecule has 5 rings (SSSR count). The van der Waals surface area contributed by atoms with E-state index in [0.717, 1.165) is 50.9 Å². The van der Waals surface area contributed by atoms with E-state index in [1.54, 1.807) is 24.5 Å². The van der Waals surface area contributed by atoms with Gasteiger partial charge in [0.15, 0.2) is 5.82 Å². The molecule has 2 aromatic carbocycles. The van der Waals surface area contributed by atoms with Gasteiger partial charge >= 0.3 is 0 Å². The number of aromatic nitrogens is 5. The van der Waals surface area contributed by atoms with Gasteiger partial charge in [-0.2, -0.15) is 5.10 Å². The molecule has 0 spiro atoms. The molecule has 0 bridgehead atoms. The van der Waals surface area contributed by atoms with Gasteiger partial charge in [-0.3, -0.25) is 10.1 Å². The number of aromatic amines is 2. The zero-order valence-corrected chi connectivity index (χ0v) is 22.3. The molecule has 0 atom stereocenters. The molecule has 196 valence electrons. The number of nitrogens with zero attached hydrogens (tertiary/aromatic N) is 3. The number of pyridine rings is 1. The number of hydrogen-bond donors (Lipinski definition) is 3. The third-order valence-corrected chi connectivity index (χ3v) is 6.47. The lowest BCUT2D eigenvalue weighted by molar-refractivity contribution is 0.622. The van der Waals surface area contributed by atoms with Gasteiger partial charge in [-0.1, -0.05) is 51.3 Å². The van der Waals surface area contributed by atoms with Gasteiger partial charge < -0.3 is 10.3 Å². The molecule has 0 aliphatic heterocycles. The molecule has 5 aromatic rings. The van der Waals surface area contributed by atoms with Crippen molar-refractivity contribution >= 4 is 27.5 Å². The zero-order chi connectivity index (χ0) is 27.5. The highest BCUT2D eigenvalue weighted by Crippen LogP contribution is 2.32. The van der Waals surface area contributed by atoms with Gasteiger partial charge in [0.1, 0.15) is 11.5 Å². The largest absolute Gasteiger partial charge is 0.359 e. The van der Waals surface area contributed by atoms with Gasteiger partial charge in [0, 0.05) is 28.5 Å². The Morgan fingerprint density at radius 2 is 1.97 bits per heavy atom. The summed E-state index contributed by atoms with van der Waals surface area (Å²) in [5.74, 6) is 0.812. The van der Waals surface area contributed by atoms with Crippen LogP contribution in [-0.2, 0) is 0 Å². The highest BCUT2D eigenvalue weighted by atomic mass is 19.1. The van der Waals surface area contributed by atoms with Gasteiger partial charge in [0.25, 0.3) is 0 Å². The Kier molecular flexibility index (Phi) is 7.23. The number of hydrogen-bond acceptors (Lipinski definition) is 4. The predicted octanol–water partition coefficient (Wildman–Crippen LogP) is 7.93. The smallest absolute Gasteiger partial charge is 0.159 e. The molecule has 3 N–H and O–H groups in total. The molecule has 0 saturated heterocycles. The van der Waals surface area contributed by atoms with E-state index < -0.39 is 0 Å². The minimum Gasteiger partial charge on any atom is -0.359 e. The molecule has 0 fully saturated rings. The summed E-state index contributed by atoms with van der Waals surface area (Å²) in [5.41, 5.74) is 8.41. The number of allylic oxidation sites excluding steroid dienone is 5. The second-order valence-corrected chi connectivity index (χ2v) is 9.89. The van der Waals surface area contributed by atoms with Gasteiger partial charge in [-0.25, -0.2) is 9.37 Å². The predicted molar refractivity (Wildman–Crippen MR) is 158 cm³/mol. The number of halogens is 1. The van der Waals surface area contributed by atoms with E-state index >= 15 is 0 Å². The number of imidazole rings is 1. The van der Waals surface area contributed by atoms with Crippen LogP contribution in [0.5, 0.6) is 0 Å². The first kappa shape index (κ1) is 25.9. The van der Waals surface area contributed by atoms with E-state index in [1.165, 1.54) is 12.1 Å². The van der Waals surface area contributed by atoms with Gasteiger partial charge in [-0.05, 0) is 72.4 Å². The lowest BCUT2D eigenvalue weighted by atomic mass is 10.0. The molecular formula is C32H31FN6. The van der Waals surface area contributed by atoms with Crippen LogP contribution in [0.4, 0.5) is 4.39 Å². The molecule has 0 unspecified atom stereocenters. The molecule has 39 heavy (non-hydrogen) atoms. The van der Waals surface area contributed by atoms with Gasteiger partial charge in [-0.15, -0.1) is 0 Å². The summed E-state index contributed by atoms with van der Waals surface area (Å²) in [6, 6.07) is 12.6. The summed E-state index contributed by atoms with van der Waals surface area (Å²) in [6.45, 7) is 14.5. The van der Waals surface area contributed by atoms with Crippen LogP contribution in [0.3, 0.4) is 0 Å². The Morgan fingerprint density at radius 3 is 2.72 bits per heavy atom. The van der Waals surface area contributed by atoms with Crippen molar-refractivity contribution < 1.29 is 4.39 Å². The summed E-state index contributed by atoms with van der Waals surface area (Å²) in [7, 11) is 0. The zero-order valence-electron chi connectivity index (χ0n) is 22.3. The van der Waals surface area contributed by atoms with Crippen molar-refractivity contribution in [2.45, 2.75) is 27.2 Å². The summed E-state index contributed by atoms with van der Waals surface area (Å²) in [5, 5.41) is 12.0. The minimum absolute atomic E-state index is 0.307. The van der Waals surface area contributed by atoms with E-state index in [-0.39, 0.29) is 5.82 Å². The van der Waals surface area contributed by atoms with E-state index in [0.29, 0.717) is 28.5 Å². The topological polar surface area (TPSA) is 82.3 Å². The summed E-state index contributed by atoms with van der Waals surface area (Å²) in [4.78, 5) is 12.6.